The molecule has 2 rings (SSSR count). The SMILES string of the molecule is CC1CCCC(NC(=O)CC2CCNC2)C1C.Cl. The van der Waals surface area contributed by atoms with Crippen molar-refractivity contribution in [2.75, 3.05) is 13.1 Å². The Morgan fingerprint density at radius 2 is 2.06 bits per heavy atom. The van der Waals surface area contributed by atoms with E-state index >= 15 is 0 Å². The van der Waals surface area contributed by atoms with Crippen LogP contribution in [0.3, 0.4) is 0 Å². The van der Waals surface area contributed by atoms with Gasteiger partial charge >= 0.3 is 0 Å². The Morgan fingerprint density at radius 1 is 1.28 bits per heavy atom. The third-order valence-electron chi connectivity index (χ3n) is 4.69. The number of carbonyl (C=O) groups is 1. The van der Waals surface area contributed by atoms with Crippen LogP contribution in [0.15, 0.2) is 0 Å². The number of carbonyl (C=O) groups excluding carboxylic acids is 1. The van der Waals surface area contributed by atoms with Gasteiger partial charge in [-0.25, -0.2) is 0 Å². The Kier molecular flexibility index (Phi) is 6.44. The molecule has 4 atom stereocenters. The van der Waals surface area contributed by atoms with Crippen LogP contribution in [0, 0.1) is 17.8 Å². The molecule has 0 radical (unpaired) electrons. The predicted molar refractivity (Wildman–Crippen MR) is 77.0 cm³/mol. The van der Waals surface area contributed by atoms with Crippen molar-refractivity contribution in [3.63, 3.8) is 0 Å². The van der Waals surface area contributed by atoms with Crippen molar-refractivity contribution in [2.24, 2.45) is 17.8 Å². The molecule has 0 aromatic rings. The normalized spacial score (nSPS) is 35.9. The maximum absolute atomic E-state index is 12.0. The zero-order chi connectivity index (χ0) is 12.3. The average molecular weight is 275 g/mol. The monoisotopic (exact) mass is 274 g/mol. The molecular formula is C14H27ClN2O. The Labute approximate surface area is 117 Å². The van der Waals surface area contributed by atoms with Crippen LogP contribution in [0.4, 0.5) is 0 Å². The van der Waals surface area contributed by atoms with Gasteiger partial charge < -0.3 is 10.6 Å². The van der Waals surface area contributed by atoms with Gasteiger partial charge in [0.25, 0.3) is 0 Å². The van der Waals surface area contributed by atoms with E-state index in [0.29, 0.717) is 24.3 Å². The molecule has 1 saturated heterocycles. The van der Waals surface area contributed by atoms with E-state index < -0.39 is 0 Å². The second kappa shape index (κ2) is 7.34. The lowest BCUT2D eigenvalue weighted by Crippen LogP contribution is -2.44. The molecule has 106 valence electrons. The molecule has 0 aromatic carbocycles. The minimum atomic E-state index is 0. The molecule has 3 nitrogen and oxygen atoms in total. The largest absolute Gasteiger partial charge is 0.353 e. The summed E-state index contributed by atoms with van der Waals surface area (Å²) in [7, 11) is 0. The van der Waals surface area contributed by atoms with E-state index in [9.17, 15) is 4.79 Å². The zero-order valence-corrected chi connectivity index (χ0v) is 12.4. The second-order valence-corrected chi connectivity index (χ2v) is 6.00. The van der Waals surface area contributed by atoms with Crippen LogP contribution in [-0.4, -0.2) is 25.0 Å². The molecule has 1 aliphatic heterocycles. The zero-order valence-electron chi connectivity index (χ0n) is 11.6. The van der Waals surface area contributed by atoms with Crippen LogP contribution >= 0.6 is 12.4 Å². The molecule has 0 spiro atoms. The quantitative estimate of drug-likeness (QED) is 0.830. The molecule has 18 heavy (non-hydrogen) atoms. The first-order valence-electron chi connectivity index (χ1n) is 7.17. The molecule has 4 unspecified atom stereocenters. The lowest BCUT2D eigenvalue weighted by atomic mass is 9.78. The van der Waals surface area contributed by atoms with Gasteiger partial charge in [0.15, 0.2) is 0 Å². The molecule has 1 amide bonds. The summed E-state index contributed by atoms with van der Waals surface area (Å²) in [6.07, 6.45) is 5.62. The number of nitrogens with one attached hydrogen (secondary N) is 2. The highest BCUT2D eigenvalue weighted by atomic mass is 35.5. The summed E-state index contributed by atoms with van der Waals surface area (Å²) >= 11 is 0. The summed E-state index contributed by atoms with van der Waals surface area (Å²) < 4.78 is 0. The summed E-state index contributed by atoms with van der Waals surface area (Å²) in [4.78, 5) is 12.0. The lowest BCUT2D eigenvalue weighted by molar-refractivity contribution is -0.123. The van der Waals surface area contributed by atoms with Gasteiger partial charge in [0.2, 0.25) is 5.91 Å². The lowest BCUT2D eigenvalue weighted by Gasteiger charge is -2.34. The number of amides is 1. The molecule has 0 aromatic heterocycles. The first kappa shape index (κ1) is 15.8. The average Bonchev–Trinajstić information content (AvgIpc) is 2.77. The Morgan fingerprint density at radius 3 is 2.72 bits per heavy atom. The smallest absolute Gasteiger partial charge is 0.220 e. The third-order valence-corrected chi connectivity index (χ3v) is 4.69. The highest BCUT2D eigenvalue weighted by Crippen LogP contribution is 2.29. The highest BCUT2D eigenvalue weighted by Gasteiger charge is 2.28. The maximum Gasteiger partial charge on any atom is 0.220 e. The summed E-state index contributed by atoms with van der Waals surface area (Å²) in [6.45, 7) is 6.69. The molecule has 0 bridgehead atoms. The number of halogens is 1. The van der Waals surface area contributed by atoms with Crippen molar-refractivity contribution >= 4 is 18.3 Å². The molecule has 1 aliphatic carbocycles. The van der Waals surface area contributed by atoms with Crippen molar-refractivity contribution < 1.29 is 4.79 Å². The van der Waals surface area contributed by atoms with Crippen molar-refractivity contribution in [1.29, 1.82) is 0 Å². The summed E-state index contributed by atoms with van der Waals surface area (Å²) in [6, 6.07) is 0.417. The van der Waals surface area contributed by atoms with E-state index in [1.54, 1.807) is 0 Å². The standard InChI is InChI=1S/C14H26N2O.ClH/c1-10-4-3-5-13(11(10)2)16-14(17)8-12-6-7-15-9-12;/h10-13,15H,3-9H2,1-2H3,(H,16,17);1H. The number of hydrogen-bond donors (Lipinski definition) is 2. The molecule has 2 fully saturated rings. The van der Waals surface area contributed by atoms with E-state index in [-0.39, 0.29) is 18.3 Å². The first-order chi connectivity index (χ1) is 8.16. The van der Waals surface area contributed by atoms with Gasteiger partial charge in [-0.3, -0.25) is 4.79 Å². The minimum Gasteiger partial charge on any atom is -0.353 e. The molecular weight excluding hydrogens is 248 g/mol. The summed E-state index contributed by atoms with van der Waals surface area (Å²) in [5.74, 6) is 2.22. The van der Waals surface area contributed by atoms with Crippen LogP contribution in [0.5, 0.6) is 0 Å². The van der Waals surface area contributed by atoms with Gasteiger partial charge in [0.05, 0.1) is 0 Å². The minimum absolute atomic E-state index is 0. The third kappa shape index (κ3) is 4.13. The van der Waals surface area contributed by atoms with Crippen molar-refractivity contribution in [3.8, 4) is 0 Å². The van der Waals surface area contributed by atoms with Gasteiger partial charge in [0, 0.05) is 12.5 Å². The molecule has 2 N–H and O–H groups in total. The van der Waals surface area contributed by atoms with Crippen LogP contribution < -0.4 is 10.6 Å². The van der Waals surface area contributed by atoms with E-state index in [1.165, 1.54) is 19.3 Å². The van der Waals surface area contributed by atoms with Crippen molar-refractivity contribution in [2.45, 2.75) is 52.0 Å². The highest BCUT2D eigenvalue weighted by molar-refractivity contribution is 5.85. The van der Waals surface area contributed by atoms with Gasteiger partial charge in [-0.05, 0) is 43.7 Å². The topological polar surface area (TPSA) is 41.1 Å². The van der Waals surface area contributed by atoms with E-state index in [1.807, 2.05) is 0 Å². The van der Waals surface area contributed by atoms with Gasteiger partial charge in [-0.15, -0.1) is 12.4 Å². The number of hydrogen-bond acceptors (Lipinski definition) is 2. The maximum atomic E-state index is 12.0. The van der Waals surface area contributed by atoms with Crippen LogP contribution in [0.2, 0.25) is 0 Å². The molecule has 2 aliphatic rings. The van der Waals surface area contributed by atoms with Gasteiger partial charge in [0.1, 0.15) is 0 Å². The Hall–Kier alpha value is -0.280. The predicted octanol–water partition coefficient (Wildman–Crippen LogP) is 2.35. The molecule has 1 saturated carbocycles. The fraction of sp³-hybridized carbons (Fsp3) is 0.929. The molecule has 1 heterocycles. The Bertz CT molecular complexity index is 267. The first-order valence-corrected chi connectivity index (χ1v) is 7.17. The Balaban J connectivity index is 0.00000162. The summed E-state index contributed by atoms with van der Waals surface area (Å²) in [5, 5.41) is 6.58. The van der Waals surface area contributed by atoms with Crippen molar-refractivity contribution in [3.05, 3.63) is 0 Å². The van der Waals surface area contributed by atoms with Crippen LogP contribution in [0.1, 0.15) is 46.0 Å². The van der Waals surface area contributed by atoms with E-state index in [4.69, 9.17) is 0 Å². The molecule has 4 heteroatoms. The van der Waals surface area contributed by atoms with E-state index in [0.717, 1.165) is 25.4 Å². The van der Waals surface area contributed by atoms with E-state index in [2.05, 4.69) is 24.5 Å². The van der Waals surface area contributed by atoms with Crippen LogP contribution in [-0.2, 0) is 4.79 Å². The number of rotatable bonds is 3. The fourth-order valence-corrected chi connectivity index (χ4v) is 3.20. The second-order valence-electron chi connectivity index (χ2n) is 6.00. The van der Waals surface area contributed by atoms with Crippen molar-refractivity contribution in [1.82, 2.24) is 10.6 Å². The fourth-order valence-electron chi connectivity index (χ4n) is 3.20. The van der Waals surface area contributed by atoms with Gasteiger partial charge in [-0.1, -0.05) is 26.7 Å². The van der Waals surface area contributed by atoms with Gasteiger partial charge in [-0.2, -0.15) is 0 Å². The summed E-state index contributed by atoms with van der Waals surface area (Å²) in [5.41, 5.74) is 0. The van der Waals surface area contributed by atoms with Crippen LogP contribution in [0.25, 0.3) is 0 Å².